The normalized spacial score (nSPS) is 20.0. The Morgan fingerprint density at radius 2 is 1.76 bits per heavy atom. The van der Waals surface area contributed by atoms with E-state index in [1.54, 1.807) is 19.3 Å². The Bertz CT molecular complexity index is 509. The fraction of sp³-hybridized carbons (Fsp3) is 0.643. The van der Waals surface area contributed by atoms with Gasteiger partial charge in [-0.2, -0.15) is 0 Å². The molecule has 1 saturated carbocycles. The highest BCUT2D eigenvalue weighted by Crippen LogP contribution is 2.46. The second-order valence-electron chi connectivity index (χ2n) is 5.44. The minimum absolute atomic E-state index is 0.0545. The van der Waals surface area contributed by atoms with E-state index in [4.69, 9.17) is 4.84 Å². The summed E-state index contributed by atoms with van der Waals surface area (Å²) in [6.45, 7) is 1.73. The summed E-state index contributed by atoms with van der Waals surface area (Å²) in [5.74, 6) is -2.49. The first kappa shape index (κ1) is 15.8. The van der Waals surface area contributed by atoms with Gasteiger partial charge in [0.2, 0.25) is 5.92 Å². The van der Waals surface area contributed by atoms with Gasteiger partial charge in [0.05, 0.1) is 12.5 Å². The van der Waals surface area contributed by atoms with Gasteiger partial charge in [-0.05, 0) is 19.8 Å². The molecule has 1 aliphatic carbocycles. The van der Waals surface area contributed by atoms with Crippen LogP contribution in [0.2, 0.25) is 0 Å². The molecule has 1 heterocycles. The van der Waals surface area contributed by atoms with Gasteiger partial charge in [0, 0.05) is 37.8 Å². The third kappa shape index (κ3) is 3.02. The van der Waals surface area contributed by atoms with Crippen molar-refractivity contribution in [3.63, 3.8) is 0 Å². The molecule has 0 spiro atoms. The number of aromatic nitrogens is 2. The van der Waals surface area contributed by atoms with Crippen LogP contribution in [0.1, 0.15) is 37.1 Å². The lowest BCUT2D eigenvalue weighted by Gasteiger charge is -2.40. The first-order valence-corrected chi connectivity index (χ1v) is 6.80. The molecule has 0 atom stereocenters. The van der Waals surface area contributed by atoms with Crippen molar-refractivity contribution in [2.75, 3.05) is 14.2 Å². The lowest BCUT2D eigenvalue weighted by Crippen LogP contribution is -2.49. The molecule has 1 amide bonds. The molecule has 21 heavy (non-hydrogen) atoms. The highest BCUT2D eigenvalue weighted by molar-refractivity contribution is 5.87. The molecule has 1 fully saturated rings. The smallest absolute Gasteiger partial charge is 0.256 e. The summed E-state index contributed by atoms with van der Waals surface area (Å²) in [5.41, 5.74) is -0.474. The Labute approximate surface area is 122 Å². The third-order valence-corrected chi connectivity index (χ3v) is 4.14. The topological polar surface area (TPSA) is 55.3 Å². The Balaban J connectivity index is 2.40. The van der Waals surface area contributed by atoms with E-state index in [-0.39, 0.29) is 31.6 Å². The quantitative estimate of drug-likeness (QED) is 0.803. The van der Waals surface area contributed by atoms with Gasteiger partial charge in [-0.15, -0.1) is 0 Å². The number of hydroxylamine groups is 2. The number of nitrogens with zero attached hydrogens (tertiary/aromatic N) is 3. The van der Waals surface area contributed by atoms with E-state index in [1.165, 1.54) is 14.2 Å². The first-order chi connectivity index (χ1) is 9.81. The van der Waals surface area contributed by atoms with Gasteiger partial charge < -0.3 is 0 Å². The summed E-state index contributed by atoms with van der Waals surface area (Å²) in [7, 11) is 2.85. The number of aryl methyl sites for hydroxylation is 1. The zero-order chi connectivity index (χ0) is 15.7. The first-order valence-electron chi connectivity index (χ1n) is 6.80. The van der Waals surface area contributed by atoms with Crippen LogP contribution in [0.25, 0.3) is 0 Å². The van der Waals surface area contributed by atoms with Crippen molar-refractivity contribution in [3.05, 3.63) is 23.8 Å². The largest absolute Gasteiger partial charge is 0.275 e. The van der Waals surface area contributed by atoms with E-state index in [0.717, 1.165) is 5.06 Å². The number of rotatable bonds is 3. The Kier molecular flexibility index (Phi) is 4.22. The molecule has 1 aliphatic rings. The van der Waals surface area contributed by atoms with Crippen molar-refractivity contribution in [3.8, 4) is 0 Å². The van der Waals surface area contributed by atoms with Crippen molar-refractivity contribution in [2.24, 2.45) is 0 Å². The van der Waals surface area contributed by atoms with Crippen LogP contribution in [-0.4, -0.2) is 41.0 Å². The van der Waals surface area contributed by atoms with Crippen molar-refractivity contribution < 1.29 is 18.4 Å². The zero-order valence-corrected chi connectivity index (χ0v) is 12.4. The van der Waals surface area contributed by atoms with Gasteiger partial charge in [0.15, 0.2) is 0 Å². The van der Waals surface area contributed by atoms with Crippen molar-refractivity contribution in [2.45, 2.75) is 43.9 Å². The van der Waals surface area contributed by atoms with Crippen LogP contribution >= 0.6 is 0 Å². The van der Waals surface area contributed by atoms with Gasteiger partial charge >= 0.3 is 0 Å². The van der Waals surface area contributed by atoms with E-state index < -0.39 is 11.3 Å². The van der Waals surface area contributed by atoms with Crippen LogP contribution in [0.5, 0.6) is 0 Å². The van der Waals surface area contributed by atoms with Gasteiger partial charge in [0.25, 0.3) is 5.91 Å². The third-order valence-electron chi connectivity index (χ3n) is 4.14. The number of alkyl halides is 2. The minimum Gasteiger partial charge on any atom is -0.275 e. The standard InChI is InChI=1S/C14H19F2N3O2/c1-10-17-8-11(9-18-10)13(12(20)19(2)21-3)4-6-14(15,16)7-5-13/h8-9H,4-7H2,1-3H3. The Morgan fingerprint density at radius 3 is 2.24 bits per heavy atom. The number of likely N-dealkylation sites (N-methyl/N-ethyl adjacent to an activating group) is 1. The molecule has 0 radical (unpaired) electrons. The SMILES string of the molecule is CON(C)C(=O)C1(c2cnc(C)nc2)CCC(F)(F)CC1. The van der Waals surface area contributed by atoms with E-state index >= 15 is 0 Å². The number of carbonyl (C=O) groups is 1. The number of hydrogen-bond donors (Lipinski definition) is 0. The second-order valence-corrected chi connectivity index (χ2v) is 5.44. The van der Waals surface area contributed by atoms with Crippen molar-refractivity contribution in [1.29, 1.82) is 0 Å². The van der Waals surface area contributed by atoms with Crippen LogP contribution in [0.15, 0.2) is 12.4 Å². The van der Waals surface area contributed by atoms with E-state index in [9.17, 15) is 13.6 Å². The van der Waals surface area contributed by atoms with Crippen LogP contribution < -0.4 is 0 Å². The number of halogens is 2. The fourth-order valence-electron chi connectivity index (χ4n) is 2.69. The van der Waals surface area contributed by atoms with Gasteiger partial charge in [0.1, 0.15) is 5.82 Å². The summed E-state index contributed by atoms with van der Waals surface area (Å²) >= 11 is 0. The second kappa shape index (κ2) is 5.63. The summed E-state index contributed by atoms with van der Waals surface area (Å²) < 4.78 is 27.0. The molecule has 0 saturated heterocycles. The maximum Gasteiger partial charge on any atom is 0.256 e. The lowest BCUT2D eigenvalue weighted by molar-refractivity contribution is -0.179. The Hall–Kier alpha value is -1.63. The molecule has 5 nitrogen and oxygen atoms in total. The maximum atomic E-state index is 13.5. The summed E-state index contributed by atoms with van der Waals surface area (Å²) in [6, 6.07) is 0. The number of carbonyl (C=O) groups excluding carboxylic acids is 1. The predicted molar refractivity (Wildman–Crippen MR) is 71.6 cm³/mol. The molecule has 0 N–H and O–H groups in total. The molecule has 7 heteroatoms. The Morgan fingerprint density at radius 1 is 1.24 bits per heavy atom. The van der Waals surface area contributed by atoms with Crippen molar-refractivity contribution in [1.82, 2.24) is 15.0 Å². The molecule has 0 aromatic carbocycles. The summed E-state index contributed by atoms with van der Waals surface area (Å²) in [4.78, 5) is 25.8. The van der Waals surface area contributed by atoms with Crippen molar-refractivity contribution >= 4 is 5.91 Å². The molecule has 0 unspecified atom stereocenters. The molecular formula is C14H19F2N3O2. The number of hydrogen-bond acceptors (Lipinski definition) is 4. The zero-order valence-electron chi connectivity index (χ0n) is 12.4. The highest BCUT2D eigenvalue weighted by atomic mass is 19.3. The molecule has 0 aliphatic heterocycles. The summed E-state index contributed by atoms with van der Waals surface area (Å²) in [6.07, 6.45) is 2.55. The summed E-state index contributed by atoms with van der Waals surface area (Å²) in [5, 5.41) is 1.09. The number of amides is 1. The maximum absolute atomic E-state index is 13.5. The average molecular weight is 299 g/mol. The monoisotopic (exact) mass is 299 g/mol. The van der Waals surface area contributed by atoms with E-state index in [1.807, 2.05) is 0 Å². The predicted octanol–water partition coefficient (Wildman–Crippen LogP) is 2.25. The molecule has 1 aromatic rings. The molecule has 2 rings (SSSR count). The minimum atomic E-state index is -2.72. The molecular weight excluding hydrogens is 280 g/mol. The molecule has 116 valence electrons. The van der Waals surface area contributed by atoms with E-state index in [2.05, 4.69) is 9.97 Å². The molecule has 0 bridgehead atoms. The lowest BCUT2D eigenvalue weighted by atomic mass is 9.68. The van der Waals surface area contributed by atoms with Gasteiger partial charge in [-0.1, -0.05) is 0 Å². The van der Waals surface area contributed by atoms with Gasteiger partial charge in [-0.25, -0.2) is 23.8 Å². The van der Waals surface area contributed by atoms with Crippen LogP contribution in [0, 0.1) is 6.92 Å². The van der Waals surface area contributed by atoms with E-state index in [0.29, 0.717) is 11.4 Å². The fourth-order valence-corrected chi connectivity index (χ4v) is 2.69. The highest BCUT2D eigenvalue weighted by Gasteiger charge is 2.50. The molecule has 1 aromatic heterocycles. The average Bonchev–Trinajstić information content (AvgIpc) is 2.47. The van der Waals surface area contributed by atoms with Crippen LogP contribution in [0.3, 0.4) is 0 Å². The van der Waals surface area contributed by atoms with Crippen LogP contribution in [0.4, 0.5) is 8.78 Å². The van der Waals surface area contributed by atoms with Crippen LogP contribution in [-0.2, 0) is 15.0 Å². The van der Waals surface area contributed by atoms with Gasteiger partial charge in [-0.3, -0.25) is 9.63 Å².